The van der Waals surface area contributed by atoms with Crippen LogP contribution >= 0.6 is 45.6 Å². The van der Waals surface area contributed by atoms with Crippen molar-refractivity contribution in [2.75, 3.05) is 38.7 Å². The minimum atomic E-state index is -0.287. The van der Waals surface area contributed by atoms with Crippen LogP contribution in [0.1, 0.15) is 139 Å². The number of hydrogen-bond donors (Lipinski definition) is 5. The zero-order valence-electron chi connectivity index (χ0n) is 40.8. The molecular weight excluding hydrogens is 914 g/mol. The number of thiazole rings is 1. The molecule has 3 amide bonds. The topological polar surface area (TPSA) is 181 Å². The zero-order valence-corrected chi connectivity index (χ0v) is 44.2. The third-order valence-electron chi connectivity index (χ3n) is 11.7. The average molecular weight is 994 g/mol. The Hall–Kier alpha value is -3.38. The number of likely N-dealkylation sites (N-methyl/N-ethyl adjacent to an activating group) is 1. The Balaban J connectivity index is 0.00000144. The Morgan fingerprint density at radius 1 is 1.05 bits per heavy atom. The predicted molar refractivity (Wildman–Crippen MR) is 279 cm³/mol. The predicted octanol–water partition coefficient (Wildman–Crippen LogP) is 9.18. The lowest BCUT2D eigenvalue weighted by atomic mass is 9.88. The van der Waals surface area contributed by atoms with Crippen molar-refractivity contribution < 1.29 is 28.4 Å². The molecule has 2 aromatic rings. The third kappa shape index (κ3) is 25.7. The van der Waals surface area contributed by atoms with Crippen LogP contribution in [-0.4, -0.2) is 101 Å². The Kier molecular flexibility index (Phi) is 31.2. The van der Waals surface area contributed by atoms with Crippen LogP contribution in [0.4, 0.5) is 4.39 Å². The monoisotopic (exact) mass is 994 g/mol. The van der Waals surface area contributed by atoms with Gasteiger partial charge in [0.05, 0.1) is 11.0 Å². The molecule has 6 atom stereocenters. The van der Waals surface area contributed by atoms with E-state index in [4.69, 9.17) is 15.5 Å². The van der Waals surface area contributed by atoms with Crippen LogP contribution < -0.4 is 22.1 Å². The Bertz CT molecular complexity index is 1780. The molecule has 2 heterocycles. The fraction of sp³-hybridized carbons (Fsp3) is 0.633. The van der Waals surface area contributed by atoms with E-state index in [1.54, 1.807) is 29.9 Å². The minimum absolute atomic E-state index is 0.00579. The standard InChI is InChI=1S/C41H63FN4O3S4.C7H14N2O.CH3NO/c1-10-28(4)21-31(7)46(9)38(27(2)3)25-34(23-32(8)47)41-45-37(26-51-41)40(49)44-36(24-33-11-13-35(42)14-12-33)22-29(5)16-19-52-53-20-17-30(6)43-18-15-39(48)50;1-9-5-3-2-4-6(9)7(8)10;2-1-3/h11-14,26-29,34,36,38,43H,6-7,10,15-25H2,1-5,8-9H3,(H,44,49)(H,48,50);6H,2-5H2,1H3,(H2,8,10);1H,(H2,2,3)/t;6-;/m.1./s1. The fourth-order valence-corrected chi connectivity index (χ4v) is 11.0. The highest BCUT2D eigenvalue weighted by Gasteiger charge is 2.29. The van der Waals surface area contributed by atoms with Gasteiger partial charge < -0.3 is 31.8 Å². The smallest absolute Gasteiger partial charge is 0.270 e. The maximum absolute atomic E-state index is 13.7. The van der Waals surface area contributed by atoms with Crippen LogP contribution in [-0.2, 0) is 25.6 Å². The SMILES string of the molecule is C=C(CCSSCCC(C)CC(Cc1ccc(F)cc1)NC(=O)c1csc(C(CC(C)=O)CC(C(C)C)N(C)C(=C)CC(C)CC)n1)NCCC(=O)S.CN1CCCC[C@@H]1C(N)=O.NC=O. The van der Waals surface area contributed by atoms with Gasteiger partial charge >= 0.3 is 0 Å². The Labute approximate surface area is 413 Å². The van der Waals surface area contributed by atoms with E-state index in [9.17, 15) is 23.6 Å². The summed E-state index contributed by atoms with van der Waals surface area (Å²) in [6, 6.07) is 6.47. The minimum Gasteiger partial charge on any atom is -0.388 e. The van der Waals surface area contributed by atoms with E-state index in [1.807, 2.05) is 28.1 Å². The highest BCUT2D eigenvalue weighted by Crippen LogP contribution is 2.34. The number of hydrogen-bond acceptors (Lipinski definition) is 12. The number of carbonyl (C=O) groups is 5. The fourth-order valence-electron chi connectivity index (χ4n) is 7.65. The van der Waals surface area contributed by atoms with Gasteiger partial charge in [-0.25, -0.2) is 9.37 Å². The maximum atomic E-state index is 13.7. The summed E-state index contributed by atoms with van der Waals surface area (Å²) in [7, 11) is 7.70. The van der Waals surface area contributed by atoms with Gasteiger partial charge in [0.15, 0.2) is 5.12 Å². The van der Waals surface area contributed by atoms with Crippen LogP contribution in [0.3, 0.4) is 0 Å². The average Bonchev–Trinajstić information content (AvgIpc) is 3.75. The summed E-state index contributed by atoms with van der Waals surface area (Å²) in [5.74, 6) is 2.43. The van der Waals surface area contributed by atoms with Gasteiger partial charge in [0.2, 0.25) is 12.3 Å². The first kappa shape index (κ1) is 60.6. The maximum Gasteiger partial charge on any atom is 0.270 e. The van der Waals surface area contributed by atoms with Crippen molar-refractivity contribution >= 4 is 74.7 Å². The number of aromatic nitrogens is 1. The summed E-state index contributed by atoms with van der Waals surface area (Å²) in [6.07, 6.45) is 10.2. The number of ketones is 1. The molecule has 1 aromatic heterocycles. The number of thiol groups is 1. The molecule has 0 saturated carbocycles. The van der Waals surface area contributed by atoms with Crippen LogP contribution in [0.2, 0.25) is 0 Å². The van der Waals surface area contributed by atoms with E-state index in [0.717, 1.165) is 91.4 Å². The van der Waals surface area contributed by atoms with Crippen molar-refractivity contribution in [2.45, 2.75) is 143 Å². The largest absolute Gasteiger partial charge is 0.388 e. The summed E-state index contributed by atoms with van der Waals surface area (Å²) < 4.78 is 13.7. The van der Waals surface area contributed by atoms with Crippen molar-refractivity contribution in [1.82, 2.24) is 25.4 Å². The van der Waals surface area contributed by atoms with Crippen molar-refractivity contribution in [2.24, 2.45) is 29.2 Å². The van der Waals surface area contributed by atoms with Crippen LogP contribution in [0, 0.1) is 23.6 Å². The molecule has 372 valence electrons. The number of likely N-dealkylation sites (tertiary alicyclic amines) is 1. The van der Waals surface area contributed by atoms with E-state index in [1.165, 1.54) is 29.9 Å². The van der Waals surface area contributed by atoms with Crippen molar-refractivity contribution in [3.8, 4) is 0 Å². The van der Waals surface area contributed by atoms with Crippen molar-refractivity contribution in [3.63, 3.8) is 0 Å². The molecule has 3 rings (SSSR count). The molecule has 1 aliphatic rings. The molecule has 0 aliphatic carbocycles. The number of rotatable bonds is 29. The van der Waals surface area contributed by atoms with Crippen LogP contribution in [0.15, 0.2) is 54.2 Å². The first-order chi connectivity index (χ1) is 31.2. The van der Waals surface area contributed by atoms with Crippen molar-refractivity contribution in [1.29, 1.82) is 0 Å². The second-order valence-corrected chi connectivity index (χ2v) is 21.9. The lowest BCUT2D eigenvalue weighted by Crippen LogP contribution is -2.45. The van der Waals surface area contributed by atoms with Gasteiger partial charge in [0, 0.05) is 72.7 Å². The summed E-state index contributed by atoms with van der Waals surface area (Å²) in [6.45, 7) is 22.7. The van der Waals surface area contributed by atoms with Crippen LogP contribution in [0.25, 0.3) is 0 Å². The van der Waals surface area contributed by atoms with Gasteiger partial charge in [-0.15, -0.1) is 24.0 Å². The van der Waals surface area contributed by atoms with Gasteiger partial charge in [-0.1, -0.05) is 94.3 Å². The molecule has 1 fully saturated rings. The molecule has 1 aromatic carbocycles. The molecule has 12 nitrogen and oxygen atoms in total. The molecule has 66 heavy (non-hydrogen) atoms. The molecule has 0 radical (unpaired) electrons. The first-order valence-electron chi connectivity index (χ1n) is 23.2. The number of benzene rings is 1. The third-order valence-corrected chi connectivity index (χ3v) is 15.4. The number of halogens is 1. The van der Waals surface area contributed by atoms with E-state index in [0.29, 0.717) is 49.3 Å². The second-order valence-electron chi connectivity index (χ2n) is 17.8. The first-order valence-corrected chi connectivity index (χ1v) is 27.0. The number of nitrogens with one attached hydrogen (secondary N) is 2. The summed E-state index contributed by atoms with van der Waals surface area (Å²) >= 11 is 5.24. The van der Waals surface area contributed by atoms with Gasteiger partial charge in [-0.05, 0) is 107 Å². The molecule has 0 bridgehead atoms. The number of amides is 3. The number of nitrogens with two attached hydrogens (primary N) is 2. The molecule has 17 heteroatoms. The van der Waals surface area contributed by atoms with E-state index in [-0.39, 0.29) is 59.0 Å². The Morgan fingerprint density at radius 2 is 1.70 bits per heavy atom. The zero-order chi connectivity index (χ0) is 49.8. The summed E-state index contributed by atoms with van der Waals surface area (Å²) in [5.41, 5.74) is 12.7. The number of carbonyl (C=O) groups excluding carboxylic acids is 5. The van der Waals surface area contributed by atoms with E-state index < -0.39 is 0 Å². The van der Waals surface area contributed by atoms with Gasteiger partial charge in [0.1, 0.15) is 17.3 Å². The van der Waals surface area contributed by atoms with Crippen molar-refractivity contribution in [3.05, 3.63) is 76.3 Å². The second kappa shape index (κ2) is 34.0. The van der Waals surface area contributed by atoms with Gasteiger partial charge in [-0.2, -0.15) is 0 Å². The summed E-state index contributed by atoms with van der Waals surface area (Å²) in [4.78, 5) is 65.7. The number of nitrogens with zero attached hydrogens (tertiary/aromatic N) is 3. The highest BCUT2D eigenvalue weighted by molar-refractivity contribution is 8.76. The molecule has 5 unspecified atom stereocenters. The quantitative estimate of drug-likeness (QED) is 0.0227. The van der Waals surface area contributed by atoms with Gasteiger partial charge in [0.25, 0.3) is 5.91 Å². The van der Waals surface area contributed by atoms with Crippen LogP contribution in [0.5, 0.6) is 0 Å². The lowest BCUT2D eigenvalue weighted by molar-refractivity contribution is -0.123. The van der Waals surface area contributed by atoms with E-state index in [2.05, 4.69) is 88.7 Å². The molecule has 1 aliphatic heterocycles. The highest BCUT2D eigenvalue weighted by atomic mass is 33.1. The molecule has 0 spiro atoms. The number of allylic oxidation sites excluding steroid dienone is 2. The number of primary amides is 2. The summed E-state index contributed by atoms with van der Waals surface area (Å²) in [5, 5.41) is 8.91. The van der Waals surface area contributed by atoms with E-state index >= 15 is 0 Å². The molecule has 1 saturated heterocycles. The normalized spacial score (nSPS) is 15.9. The molecule has 6 N–H and O–H groups in total. The van der Waals surface area contributed by atoms with Gasteiger partial charge in [-0.3, -0.25) is 24.1 Å². The Morgan fingerprint density at radius 3 is 2.26 bits per heavy atom. The lowest BCUT2D eigenvalue weighted by Gasteiger charge is -2.37. The molecular formula is C49H80FN7O5S4. The number of Topliss-reactive ketones (excluding diaryl/α,β-unsaturated/α-hetero) is 1. The number of piperidine rings is 1.